The molecule has 0 saturated carbocycles. The number of nitrogens with zero attached hydrogens (tertiary/aromatic N) is 3. The monoisotopic (exact) mass is 384 g/mol. The Morgan fingerprint density at radius 3 is 2.60 bits per heavy atom. The predicted octanol–water partition coefficient (Wildman–Crippen LogP) is 2.35. The van der Waals surface area contributed by atoms with Crippen LogP contribution in [-0.2, 0) is 10.0 Å². The third-order valence-corrected chi connectivity index (χ3v) is 6.48. The molecule has 1 aromatic heterocycles. The summed E-state index contributed by atoms with van der Waals surface area (Å²) in [6.07, 6.45) is 4.82. The molecule has 1 aliphatic rings. The molecule has 3 rings (SSSR count). The smallest absolute Gasteiger partial charge is 0.246 e. The van der Waals surface area contributed by atoms with E-state index in [1.54, 1.807) is 15.2 Å². The maximum atomic E-state index is 12.9. The van der Waals surface area contributed by atoms with Crippen LogP contribution in [0.25, 0.3) is 5.69 Å². The zero-order chi connectivity index (χ0) is 17.3. The SMILES string of the molecule is Cc1ccc(-n2cc(S(=O)(=O)N3CCCC(C(C)N)C3)cn2)cc1.Cl. The second kappa shape index (κ2) is 7.86. The van der Waals surface area contributed by atoms with Gasteiger partial charge in [-0.3, -0.25) is 0 Å². The van der Waals surface area contributed by atoms with E-state index in [0.29, 0.717) is 13.1 Å². The highest BCUT2D eigenvalue weighted by Crippen LogP contribution is 2.25. The lowest BCUT2D eigenvalue weighted by Crippen LogP contribution is -2.44. The molecule has 0 aliphatic carbocycles. The first-order chi connectivity index (χ1) is 11.4. The Kier molecular flexibility index (Phi) is 6.26. The maximum Gasteiger partial charge on any atom is 0.246 e. The van der Waals surface area contributed by atoms with Crippen molar-refractivity contribution in [2.75, 3.05) is 13.1 Å². The average molecular weight is 385 g/mol. The van der Waals surface area contributed by atoms with Gasteiger partial charge in [-0.05, 0) is 44.7 Å². The van der Waals surface area contributed by atoms with Crippen LogP contribution < -0.4 is 5.73 Å². The maximum absolute atomic E-state index is 12.9. The van der Waals surface area contributed by atoms with Crippen molar-refractivity contribution >= 4 is 22.4 Å². The van der Waals surface area contributed by atoms with Gasteiger partial charge in [0.2, 0.25) is 10.0 Å². The van der Waals surface area contributed by atoms with Gasteiger partial charge in [0.05, 0.1) is 18.1 Å². The Hall–Kier alpha value is -1.41. The standard InChI is InChI=1S/C17H24N4O2S.ClH/c1-13-5-7-16(8-6-13)21-12-17(10-19-21)24(22,23)20-9-3-4-15(11-20)14(2)18;/h5-8,10,12,14-15H,3-4,9,11,18H2,1-2H3;1H. The number of rotatable bonds is 4. The van der Waals surface area contributed by atoms with E-state index in [1.807, 2.05) is 38.1 Å². The summed E-state index contributed by atoms with van der Waals surface area (Å²) >= 11 is 0. The topological polar surface area (TPSA) is 81.2 Å². The normalized spacial score (nSPS) is 20.0. The molecular weight excluding hydrogens is 360 g/mol. The van der Waals surface area contributed by atoms with Gasteiger partial charge in [0.1, 0.15) is 4.90 Å². The van der Waals surface area contributed by atoms with Crippen LogP contribution in [-0.4, -0.2) is 41.6 Å². The number of halogens is 1. The molecule has 1 saturated heterocycles. The number of benzene rings is 1. The fraction of sp³-hybridized carbons (Fsp3) is 0.471. The summed E-state index contributed by atoms with van der Waals surface area (Å²) in [5.74, 6) is 0.209. The number of hydrogen-bond acceptors (Lipinski definition) is 4. The third kappa shape index (κ3) is 4.23. The van der Waals surface area contributed by atoms with Crippen molar-refractivity contribution in [2.24, 2.45) is 11.7 Å². The Bertz CT molecular complexity index is 802. The lowest BCUT2D eigenvalue weighted by Gasteiger charge is -2.33. The lowest BCUT2D eigenvalue weighted by atomic mass is 9.93. The van der Waals surface area contributed by atoms with Crippen LogP contribution in [0.5, 0.6) is 0 Å². The highest BCUT2D eigenvalue weighted by Gasteiger charge is 2.32. The molecule has 138 valence electrons. The summed E-state index contributed by atoms with van der Waals surface area (Å²) in [4.78, 5) is 0.230. The number of hydrogen-bond donors (Lipinski definition) is 1. The van der Waals surface area contributed by atoms with Gasteiger partial charge >= 0.3 is 0 Å². The van der Waals surface area contributed by atoms with Crippen LogP contribution in [0.4, 0.5) is 0 Å². The summed E-state index contributed by atoms with van der Waals surface area (Å²) in [7, 11) is -3.53. The van der Waals surface area contributed by atoms with E-state index in [1.165, 1.54) is 6.20 Å². The van der Waals surface area contributed by atoms with Gasteiger partial charge in [-0.1, -0.05) is 17.7 Å². The van der Waals surface area contributed by atoms with Crippen molar-refractivity contribution in [2.45, 2.75) is 37.6 Å². The largest absolute Gasteiger partial charge is 0.328 e. The molecule has 8 heteroatoms. The first-order valence-electron chi connectivity index (χ1n) is 8.25. The minimum Gasteiger partial charge on any atom is -0.328 e. The van der Waals surface area contributed by atoms with E-state index in [-0.39, 0.29) is 29.3 Å². The van der Waals surface area contributed by atoms with Gasteiger partial charge < -0.3 is 5.73 Å². The Morgan fingerprint density at radius 1 is 1.28 bits per heavy atom. The van der Waals surface area contributed by atoms with Crippen molar-refractivity contribution in [3.05, 3.63) is 42.2 Å². The lowest BCUT2D eigenvalue weighted by molar-refractivity contribution is 0.243. The van der Waals surface area contributed by atoms with E-state index < -0.39 is 10.0 Å². The minimum atomic E-state index is -3.53. The van der Waals surface area contributed by atoms with Crippen molar-refractivity contribution in [1.82, 2.24) is 14.1 Å². The van der Waals surface area contributed by atoms with E-state index >= 15 is 0 Å². The highest BCUT2D eigenvalue weighted by atomic mass is 35.5. The van der Waals surface area contributed by atoms with Crippen LogP contribution in [0, 0.1) is 12.8 Å². The molecule has 2 atom stereocenters. The predicted molar refractivity (Wildman–Crippen MR) is 101 cm³/mol. The highest BCUT2D eigenvalue weighted by molar-refractivity contribution is 7.89. The Labute approximate surface area is 155 Å². The molecule has 1 fully saturated rings. The van der Waals surface area contributed by atoms with E-state index in [0.717, 1.165) is 24.1 Å². The number of aryl methyl sites for hydroxylation is 1. The number of piperidine rings is 1. The van der Waals surface area contributed by atoms with Crippen LogP contribution in [0.15, 0.2) is 41.6 Å². The molecule has 0 radical (unpaired) electrons. The molecule has 2 unspecified atom stereocenters. The first-order valence-corrected chi connectivity index (χ1v) is 9.69. The van der Waals surface area contributed by atoms with Crippen molar-refractivity contribution in [3.8, 4) is 5.69 Å². The second-order valence-electron chi connectivity index (χ2n) is 6.58. The fourth-order valence-corrected chi connectivity index (χ4v) is 4.52. The number of aromatic nitrogens is 2. The molecule has 2 aromatic rings. The summed E-state index contributed by atoms with van der Waals surface area (Å²) in [6, 6.07) is 7.79. The first kappa shape index (κ1) is 19.9. The molecular formula is C17H25ClN4O2S. The molecule has 0 bridgehead atoms. The average Bonchev–Trinajstić information content (AvgIpc) is 3.06. The van der Waals surface area contributed by atoms with Gasteiger partial charge in [0, 0.05) is 19.1 Å². The molecule has 6 nitrogen and oxygen atoms in total. The second-order valence-corrected chi connectivity index (χ2v) is 8.52. The summed E-state index contributed by atoms with van der Waals surface area (Å²) in [6.45, 7) is 4.97. The van der Waals surface area contributed by atoms with Crippen molar-refractivity contribution in [3.63, 3.8) is 0 Å². The number of nitrogens with two attached hydrogens (primary N) is 1. The Morgan fingerprint density at radius 2 is 1.96 bits per heavy atom. The summed E-state index contributed by atoms with van der Waals surface area (Å²) in [5.41, 5.74) is 7.95. The van der Waals surface area contributed by atoms with Crippen LogP contribution in [0.1, 0.15) is 25.3 Å². The molecule has 0 spiro atoms. The van der Waals surface area contributed by atoms with Crippen molar-refractivity contribution < 1.29 is 8.42 Å². The zero-order valence-corrected chi connectivity index (χ0v) is 16.1. The van der Waals surface area contributed by atoms with Gasteiger partial charge in [-0.15, -0.1) is 12.4 Å². The third-order valence-electron chi connectivity index (χ3n) is 4.66. The van der Waals surface area contributed by atoms with Gasteiger partial charge in [0.25, 0.3) is 0 Å². The van der Waals surface area contributed by atoms with E-state index in [9.17, 15) is 8.42 Å². The Balaban J connectivity index is 0.00000225. The van der Waals surface area contributed by atoms with Crippen LogP contribution >= 0.6 is 12.4 Å². The minimum absolute atomic E-state index is 0. The van der Waals surface area contributed by atoms with E-state index in [4.69, 9.17) is 5.73 Å². The van der Waals surface area contributed by atoms with Crippen molar-refractivity contribution in [1.29, 1.82) is 0 Å². The summed E-state index contributed by atoms with van der Waals surface area (Å²) < 4.78 is 28.9. The van der Waals surface area contributed by atoms with Gasteiger partial charge in [-0.25, -0.2) is 13.1 Å². The van der Waals surface area contributed by atoms with Crippen LogP contribution in [0.2, 0.25) is 0 Å². The van der Waals surface area contributed by atoms with Gasteiger partial charge in [-0.2, -0.15) is 9.40 Å². The van der Waals surface area contributed by atoms with E-state index in [2.05, 4.69) is 5.10 Å². The quantitative estimate of drug-likeness (QED) is 0.877. The van der Waals surface area contributed by atoms with Gasteiger partial charge in [0.15, 0.2) is 0 Å². The molecule has 0 amide bonds. The fourth-order valence-electron chi connectivity index (χ4n) is 3.05. The zero-order valence-electron chi connectivity index (χ0n) is 14.5. The molecule has 1 aromatic carbocycles. The number of sulfonamides is 1. The molecule has 25 heavy (non-hydrogen) atoms. The molecule has 2 heterocycles. The molecule has 1 aliphatic heterocycles. The van der Waals surface area contributed by atoms with Crippen LogP contribution in [0.3, 0.4) is 0 Å². The molecule has 2 N–H and O–H groups in total. The summed E-state index contributed by atoms with van der Waals surface area (Å²) in [5, 5.41) is 4.22.